The summed E-state index contributed by atoms with van der Waals surface area (Å²) in [6, 6.07) is 6.77. The standard InChI is InChI=1S/C25H27ClN4O4S/c1-4-13-34-24(33)22-16(2)27-25-30(23(22)18-5-7-19(26)8-6-18)20(15-35-25)14-21(32)29-11-9-28(10-12-29)17(3)31/h4-8,15,23H,1,9-14H2,2-3H3/t23-/m0/s1. The number of nitrogens with zero attached hydrogens (tertiary/aromatic N) is 4. The van der Waals surface area contributed by atoms with E-state index in [4.69, 9.17) is 16.3 Å². The fourth-order valence-electron chi connectivity index (χ4n) is 4.34. The third-order valence-electron chi connectivity index (χ3n) is 6.15. The Bertz CT molecular complexity index is 1140. The van der Waals surface area contributed by atoms with Gasteiger partial charge in [-0.15, -0.1) is 0 Å². The number of amides is 2. The summed E-state index contributed by atoms with van der Waals surface area (Å²) < 4.78 is 5.40. The van der Waals surface area contributed by atoms with Gasteiger partial charge in [0.25, 0.3) is 0 Å². The Labute approximate surface area is 213 Å². The molecule has 0 radical (unpaired) electrons. The molecule has 8 nitrogen and oxygen atoms in total. The summed E-state index contributed by atoms with van der Waals surface area (Å²) in [4.78, 5) is 48.0. The predicted octanol–water partition coefficient (Wildman–Crippen LogP) is 3.72. The van der Waals surface area contributed by atoms with Crippen LogP contribution in [-0.2, 0) is 19.1 Å². The molecule has 1 saturated heterocycles. The maximum Gasteiger partial charge on any atom is 0.338 e. The number of hydrogen-bond donors (Lipinski definition) is 0. The van der Waals surface area contributed by atoms with Crippen LogP contribution >= 0.6 is 23.4 Å². The molecule has 10 heteroatoms. The summed E-state index contributed by atoms with van der Waals surface area (Å²) in [7, 11) is 0. The van der Waals surface area contributed by atoms with E-state index in [1.807, 2.05) is 22.4 Å². The molecule has 1 fully saturated rings. The van der Waals surface area contributed by atoms with Gasteiger partial charge < -0.3 is 19.4 Å². The van der Waals surface area contributed by atoms with Gasteiger partial charge in [-0.2, -0.15) is 0 Å². The van der Waals surface area contributed by atoms with E-state index in [2.05, 4.69) is 11.6 Å². The number of thioether (sulfide) groups is 1. The van der Waals surface area contributed by atoms with E-state index in [1.54, 1.807) is 35.8 Å². The minimum Gasteiger partial charge on any atom is -0.458 e. The van der Waals surface area contributed by atoms with Crippen molar-refractivity contribution in [2.45, 2.75) is 26.3 Å². The molecule has 0 bridgehead atoms. The molecule has 1 aromatic rings. The highest BCUT2D eigenvalue weighted by molar-refractivity contribution is 8.16. The average Bonchev–Trinajstić information content (AvgIpc) is 3.24. The van der Waals surface area contributed by atoms with Crippen molar-refractivity contribution < 1.29 is 19.1 Å². The molecule has 0 aliphatic carbocycles. The van der Waals surface area contributed by atoms with Crippen molar-refractivity contribution in [3.63, 3.8) is 0 Å². The Kier molecular flexibility index (Phi) is 7.66. The predicted molar refractivity (Wildman–Crippen MR) is 136 cm³/mol. The number of piperazine rings is 1. The quantitative estimate of drug-likeness (QED) is 0.425. The van der Waals surface area contributed by atoms with E-state index in [9.17, 15) is 14.4 Å². The molecule has 1 atom stereocenters. The second-order valence-electron chi connectivity index (χ2n) is 8.40. The molecule has 0 spiro atoms. The van der Waals surface area contributed by atoms with Gasteiger partial charge in [-0.1, -0.05) is 48.2 Å². The molecule has 184 valence electrons. The Morgan fingerprint density at radius 3 is 2.46 bits per heavy atom. The Morgan fingerprint density at radius 1 is 1.17 bits per heavy atom. The van der Waals surface area contributed by atoms with E-state index in [-0.39, 0.29) is 24.8 Å². The zero-order valence-corrected chi connectivity index (χ0v) is 21.3. The van der Waals surface area contributed by atoms with Crippen molar-refractivity contribution in [1.82, 2.24) is 14.7 Å². The summed E-state index contributed by atoms with van der Waals surface area (Å²) >= 11 is 7.56. The third-order valence-corrected chi connectivity index (χ3v) is 7.29. The molecule has 35 heavy (non-hydrogen) atoms. The molecule has 1 aromatic carbocycles. The highest BCUT2D eigenvalue weighted by Gasteiger charge is 2.41. The molecule has 3 aliphatic heterocycles. The van der Waals surface area contributed by atoms with Gasteiger partial charge in [0.15, 0.2) is 5.17 Å². The molecular weight excluding hydrogens is 488 g/mol. The van der Waals surface area contributed by atoms with Crippen LogP contribution < -0.4 is 0 Å². The lowest BCUT2D eigenvalue weighted by molar-refractivity contribution is -0.138. The Balaban J connectivity index is 1.61. The van der Waals surface area contributed by atoms with Crippen LogP contribution in [0.15, 0.2) is 64.3 Å². The zero-order valence-electron chi connectivity index (χ0n) is 19.7. The summed E-state index contributed by atoms with van der Waals surface area (Å²) in [5.74, 6) is -0.490. The van der Waals surface area contributed by atoms with E-state index < -0.39 is 12.0 Å². The number of allylic oxidation sites excluding steroid dienone is 1. The highest BCUT2D eigenvalue weighted by Crippen LogP contribution is 2.45. The molecule has 3 aliphatic rings. The summed E-state index contributed by atoms with van der Waals surface area (Å²) in [6.45, 7) is 9.08. The van der Waals surface area contributed by atoms with Crippen LogP contribution in [0.1, 0.15) is 31.9 Å². The van der Waals surface area contributed by atoms with Gasteiger partial charge in [0, 0.05) is 43.8 Å². The van der Waals surface area contributed by atoms with Gasteiger partial charge in [-0.05, 0) is 30.0 Å². The number of aliphatic imine (C=N–C) groups is 1. The first-order chi connectivity index (χ1) is 16.8. The van der Waals surface area contributed by atoms with Gasteiger partial charge in [-0.25, -0.2) is 9.79 Å². The SMILES string of the molecule is C=CCOC(=O)C1=C(C)N=C2SC=C(CC(=O)N3CCN(C(C)=O)CC3)N2[C@H]1c1ccc(Cl)cc1. The lowest BCUT2D eigenvalue weighted by atomic mass is 9.94. The van der Waals surface area contributed by atoms with Gasteiger partial charge in [0.1, 0.15) is 6.61 Å². The number of halogens is 1. The lowest BCUT2D eigenvalue weighted by Gasteiger charge is -2.37. The van der Waals surface area contributed by atoms with Crippen molar-refractivity contribution in [2.75, 3.05) is 32.8 Å². The van der Waals surface area contributed by atoms with Crippen molar-refractivity contribution in [3.8, 4) is 0 Å². The number of carbonyl (C=O) groups is 3. The first-order valence-corrected chi connectivity index (χ1v) is 12.6. The van der Waals surface area contributed by atoms with Crippen molar-refractivity contribution in [2.24, 2.45) is 4.99 Å². The first-order valence-electron chi connectivity index (χ1n) is 11.3. The van der Waals surface area contributed by atoms with Crippen LogP contribution in [0.5, 0.6) is 0 Å². The lowest BCUT2D eigenvalue weighted by Crippen LogP contribution is -2.50. The number of rotatable bonds is 6. The van der Waals surface area contributed by atoms with Gasteiger partial charge in [-0.3, -0.25) is 9.59 Å². The zero-order chi connectivity index (χ0) is 25.1. The average molecular weight is 515 g/mol. The highest BCUT2D eigenvalue weighted by atomic mass is 35.5. The summed E-state index contributed by atoms with van der Waals surface area (Å²) in [5.41, 5.74) is 2.57. The molecule has 3 heterocycles. The molecular formula is C25H27ClN4O4S. The number of esters is 1. The fourth-order valence-corrected chi connectivity index (χ4v) is 5.43. The number of benzene rings is 1. The minimum atomic E-state index is -0.513. The van der Waals surface area contributed by atoms with Crippen LogP contribution in [0, 0.1) is 0 Å². The smallest absolute Gasteiger partial charge is 0.338 e. The molecule has 0 N–H and O–H groups in total. The molecule has 0 saturated carbocycles. The van der Waals surface area contributed by atoms with Gasteiger partial charge >= 0.3 is 5.97 Å². The number of amidine groups is 1. The van der Waals surface area contributed by atoms with Crippen LogP contribution in [0.2, 0.25) is 5.02 Å². The molecule has 4 rings (SSSR count). The van der Waals surface area contributed by atoms with Crippen molar-refractivity contribution >= 4 is 46.3 Å². The van der Waals surface area contributed by atoms with Gasteiger partial charge in [0.05, 0.1) is 23.7 Å². The van der Waals surface area contributed by atoms with E-state index in [1.165, 1.54) is 17.8 Å². The van der Waals surface area contributed by atoms with Crippen LogP contribution in [0.4, 0.5) is 0 Å². The largest absolute Gasteiger partial charge is 0.458 e. The number of carbonyl (C=O) groups excluding carboxylic acids is 3. The van der Waals surface area contributed by atoms with Crippen LogP contribution in [0.25, 0.3) is 0 Å². The fraction of sp³-hybridized carbons (Fsp3) is 0.360. The van der Waals surface area contributed by atoms with Crippen molar-refractivity contribution in [1.29, 1.82) is 0 Å². The minimum absolute atomic E-state index is 0.0185. The topological polar surface area (TPSA) is 82.5 Å². The van der Waals surface area contributed by atoms with Crippen molar-refractivity contribution in [3.05, 3.63) is 69.9 Å². The monoisotopic (exact) mass is 514 g/mol. The van der Waals surface area contributed by atoms with Crippen LogP contribution in [-0.4, -0.2) is 70.4 Å². The third kappa shape index (κ3) is 5.31. The second kappa shape index (κ2) is 10.7. The van der Waals surface area contributed by atoms with E-state index in [0.29, 0.717) is 47.6 Å². The number of ether oxygens (including phenoxy) is 1. The first kappa shape index (κ1) is 25.1. The van der Waals surface area contributed by atoms with Crippen LogP contribution in [0.3, 0.4) is 0 Å². The van der Waals surface area contributed by atoms with E-state index >= 15 is 0 Å². The Hall–Kier alpha value is -3.04. The normalized spacial score (nSPS) is 19.7. The summed E-state index contributed by atoms with van der Waals surface area (Å²) in [5, 5.41) is 3.20. The van der Waals surface area contributed by atoms with E-state index in [0.717, 1.165) is 11.3 Å². The second-order valence-corrected chi connectivity index (χ2v) is 9.67. The number of fused-ring (bicyclic) bond motifs is 1. The molecule has 0 unspecified atom stereocenters. The number of hydrogen-bond acceptors (Lipinski definition) is 7. The molecule has 2 amide bonds. The maximum atomic E-state index is 13.2. The maximum absolute atomic E-state index is 13.2. The summed E-state index contributed by atoms with van der Waals surface area (Å²) in [6.07, 6.45) is 1.67. The Morgan fingerprint density at radius 2 is 1.83 bits per heavy atom. The van der Waals surface area contributed by atoms with Gasteiger partial charge in [0.2, 0.25) is 11.8 Å². The molecule has 0 aromatic heterocycles.